The van der Waals surface area contributed by atoms with Crippen LogP contribution in [0.15, 0.2) is 80.6 Å². The van der Waals surface area contributed by atoms with Crippen LogP contribution in [-0.2, 0) is 27.5 Å². The lowest BCUT2D eigenvalue weighted by Crippen LogP contribution is -2.19. The Balaban J connectivity index is 1.44. The van der Waals surface area contributed by atoms with Crippen LogP contribution in [0, 0.1) is 0 Å². The first-order valence-electron chi connectivity index (χ1n) is 10.7. The fraction of sp³-hybridized carbons (Fsp3) is 0.125. The van der Waals surface area contributed by atoms with E-state index in [4.69, 9.17) is 8.92 Å². The van der Waals surface area contributed by atoms with E-state index < -0.39 is 28.0 Å². The molecule has 1 N–H and O–H groups in total. The molecule has 2 aromatic carbocycles. The maximum atomic E-state index is 12.8. The molecule has 4 rings (SSSR count). The van der Waals surface area contributed by atoms with Gasteiger partial charge in [0.25, 0.3) is 0 Å². The van der Waals surface area contributed by atoms with E-state index in [9.17, 15) is 26.4 Å². The number of carbonyl (C=O) groups excluding carboxylic acids is 1. The predicted molar refractivity (Wildman–Crippen MR) is 132 cm³/mol. The molecule has 0 bridgehead atoms. The summed E-state index contributed by atoms with van der Waals surface area (Å²) in [4.78, 5) is 12.4. The number of carbonyl (C=O) groups is 1. The lowest BCUT2D eigenvalue weighted by Gasteiger charge is -2.08. The number of rotatable bonds is 9. The molecule has 0 radical (unpaired) electrons. The van der Waals surface area contributed by atoms with Crippen LogP contribution in [0.1, 0.15) is 16.9 Å². The molecular formula is C24H18F3N3O6S2. The van der Waals surface area contributed by atoms with Crippen LogP contribution in [0.3, 0.4) is 0 Å². The van der Waals surface area contributed by atoms with Crippen LogP contribution >= 0.6 is 11.3 Å². The molecule has 1 amide bonds. The van der Waals surface area contributed by atoms with Crippen molar-refractivity contribution in [1.29, 1.82) is 0 Å². The molecule has 0 fully saturated rings. The van der Waals surface area contributed by atoms with Gasteiger partial charge in [-0.3, -0.25) is 4.79 Å². The van der Waals surface area contributed by atoms with Crippen molar-refractivity contribution < 1.29 is 39.8 Å². The molecule has 38 heavy (non-hydrogen) atoms. The molecule has 4 aromatic rings. The summed E-state index contributed by atoms with van der Waals surface area (Å²) in [6.45, 7) is 0. The van der Waals surface area contributed by atoms with Crippen molar-refractivity contribution in [3.63, 3.8) is 0 Å². The second-order valence-corrected chi connectivity index (χ2v) is 10.4. The van der Waals surface area contributed by atoms with Crippen LogP contribution in [0.5, 0.6) is 11.5 Å². The third-order valence-corrected chi connectivity index (χ3v) is 7.67. The summed E-state index contributed by atoms with van der Waals surface area (Å²) in [7, 11) is -2.84. The maximum absolute atomic E-state index is 12.8. The number of para-hydroxylation sites is 1. The molecular weight excluding hydrogens is 547 g/mol. The van der Waals surface area contributed by atoms with Gasteiger partial charge in [-0.2, -0.15) is 26.7 Å². The first-order chi connectivity index (χ1) is 18.0. The molecule has 2 heterocycles. The number of hydrogen-bond acceptors (Lipinski definition) is 9. The first-order valence-corrected chi connectivity index (χ1v) is 12.9. The average molecular weight is 566 g/mol. The van der Waals surface area contributed by atoms with Crippen LogP contribution in [0.4, 0.5) is 13.2 Å². The summed E-state index contributed by atoms with van der Waals surface area (Å²) >= 11 is 0.665. The lowest BCUT2D eigenvalue weighted by atomic mass is 10.1. The Labute approximate surface area is 218 Å². The lowest BCUT2D eigenvalue weighted by molar-refractivity contribution is -0.155. The maximum Gasteiger partial charge on any atom is 0.452 e. The van der Waals surface area contributed by atoms with E-state index in [1.54, 1.807) is 30.3 Å². The van der Waals surface area contributed by atoms with Crippen molar-refractivity contribution in [2.75, 3.05) is 7.11 Å². The minimum atomic E-state index is -4.72. The summed E-state index contributed by atoms with van der Waals surface area (Å²) in [5, 5.41) is 7.22. The minimum Gasteiger partial charge on any atom is -0.497 e. The molecule has 0 aliphatic rings. The number of methoxy groups -OCH3 is 1. The zero-order valence-electron chi connectivity index (χ0n) is 19.4. The summed E-state index contributed by atoms with van der Waals surface area (Å²) < 4.78 is 78.4. The quantitative estimate of drug-likeness (QED) is 0.174. The van der Waals surface area contributed by atoms with Crippen LogP contribution in [0.25, 0.3) is 10.6 Å². The number of aromatic nitrogens is 1. The number of hydrogen-bond donors (Lipinski definition) is 1. The number of nitrogens with zero attached hydrogens (tertiary/aromatic N) is 2. The molecule has 0 saturated heterocycles. The topological polar surface area (TPSA) is 120 Å². The monoisotopic (exact) mass is 565 g/mol. The molecule has 0 aliphatic heterocycles. The first kappa shape index (κ1) is 26.9. The van der Waals surface area contributed by atoms with Gasteiger partial charge in [0.15, 0.2) is 9.96 Å². The number of nitrogens with one attached hydrogen (secondary N) is 1. The summed E-state index contributed by atoms with van der Waals surface area (Å²) in [5.41, 5.74) is 3.16. The van der Waals surface area contributed by atoms with Gasteiger partial charge in [0.05, 0.1) is 24.6 Å². The number of halogens is 3. The zero-order valence-corrected chi connectivity index (χ0v) is 21.1. The number of hydrazone groups is 1. The Hall–Kier alpha value is -4.17. The number of thiophene rings is 1. The number of amides is 1. The standard InChI is InChI=1S/C24H18F3N3O6S2/c1-34-17-7-4-5-15(11-17)12-22(31)29-28-14-16-6-2-3-8-19(16)36-38(32,33)23-10-9-20(37-23)18-13-21(35-30-18)24(25,26)27/h2-11,13-14H,12H2,1H3,(H,29,31). The van der Waals surface area contributed by atoms with E-state index in [0.717, 1.165) is 0 Å². The summed E-state index contributed by atoms with van der Waals surface area (Å²) in [5.74, 6) is -1.18. The van der Waals surface area contributed by atoms with Gasteiger partial charge in [-0.05, 0) is 42.0 Å². The Morgan fingerprint density at radius 2 is 1.92 bits per heavy atom. The molecule has 2 aromatic heterocycles. The minimum absolute atomic E-state index is 0.0394. The Morgan fingerprint density at radius 1 is 1.13 bits per heavy atom. The number of alkyl halides is 3. The van der Waals surface area contributed by atoms with Crippen molar-refractivity contribution in [2.24, 2.45) is 5.10 Å². The predicted octanol–water partition coefficient (Wildman–Crippen LogP) is 4.89. The Morgan fingerprint density at radius 3 is 2.66 bits per heavy atom. The van der Waals surface area contributed by atoms with Crippen molar-refractivity contribution in [1.82, 2.24) is 10.6 Å². The van der Waals surface area contributed by atoms with Gasteiger partial charge < -0.3 is 13.4 Å². The second-order valence-electron chi connectivity index (χ2n) is 7.59. The third-order valence-electron chi connectivity index (χ3n) is 4.88. The molecule has 0 saturated carbocycles. The number of ether oxygens (including phenoxy) is 1. The molecule has 14 heteroatoms. The Kier molecular flexibility index (Phi) is 7.83. The van der Waals surface area contributed by atoms with Crippen molar-refractivity contribution in [2.45, 2.75) is 16.8 Å². The third kappa shape index (κ3) is 6.58. The van der Waals surface area contributed by atoms with Gasteiger partial charge in [-0.1, -0.05) is 29.4 Å². The molecule has 0 unspecified atom stereocenters. The van der Waals surface area contributed by atoms with E-state index in [2.05, 4.69) is 20.2 Å². The van der Waals surface area contributed by atoms with Crippen molar-refractivity contribution in [3.05, 3.63) is 83.6 Å². The normalized spacial score (nSPS) is 12.0. The Bertz CT molecular complexity index is 1580. The van der Waals surface area contributed by atoms with Gasteiger partial charge >= 0.3 is 16.3 Å². The van der Waals surface area contributed by atoms with Gasteiger partial charge in [-0.15, -0.1) is 11.3 Å². The van der Waals surface area contributed by atoms with E-state index in [-0.39, 0.29) is 32.5 Å². The van der Waals surface area contributed by atoms with Crippen LogP contribution < -0.4 is 14.3 Å². The molecule has 0 aliphatic carbocycles. The molecule has 198 valence electrons. The van der Waals surface area contributed by atoms with E-state index in [1.807, 2.05) is 0 Å². The smallest absolute Gasteiger partial charge is 0.452 e. The SMILES string of the molecule is COc1cccc(CC(=O)NN=Cc2ccccc2OS(=O)(=O)c2ccc(-c3cc(C(F)(F)F)on3)s2)c1. The molecule has 9 nitrogen and oxygen atoms in total. The van der Waals surface area contributed by atoms with Gasteiger partial charge in [0.2, 0.25) is 11.7 Å². The van der Waals surface area contributed by atoms with E-state index in [0.29, 0.717) is 28.7 Å². The highest BCUT2D eigenvalue weighted by molar-refractivity contribution is 7.89. The fourth-order valence-electron chi connectivity index (χ4n) is 3.12. The van der Waals surface area contributed by atoms with Crippen molar-refractivity contribution >= 4 is 33.6 Å². The highest BCUT2D eigenvalue weighted by Gasteiger charge is 2.36. The number of benzene rings is 2. The van der Waals surface area contributed by atoms with Crippen LogP contribution in [-0.4, -0.2) is 32.8 Å². The molecule has 0 atom stereocenters. The van der Waals surface area contributed by atoms with E-state index >= 15 is 0 Å². The summed E-state index contributed by atoms with van der Waals surface area (Å²) in [6, 6.07) is 16.2. The average Bonchev–Trinajstić information content (AvgIpc) is 3.55. The van der Waals surface area contributed by atoms with E-state index in [1.165, 1.54) is 43.7 Å². The fourth-order valence-corrected chi connectivity index (χ4v) is 5.29. The van der Waals surface area contributed by atoms with Crippen molar-refractivity contribution in [3.8, 4) is 22.1 Å². The van der Waals surface area contributed by atoms with Crippen LogP contribution in [0.2, 0.25) is 0 Å². The highest BCUT2D eigenvalue weighted by Crippen LogP contribution is 2.36. The second kappa shape index (κ2) is 11.1. The van der Waals surface area contributed by atoms with Gasteiger partial charge in [0.1, 0.15) is 11.4 Å². The van der Waals surface area contributed by atoms with Gasteiger partial charge in [0, 0.05) is 11.6 Å². The molecule has 0 spiro atoms. The largest absolute Gasteiger partial charge is 0.497 e. The summed E-state index contributed by atoms with van der Waals surface area (Å²) in [6.07, 6.45) is -3.46. The zero-order chi connectivity index (χ0) is 27.3. The highest BCUT2D eigenvalue weighted by atomic mass is 32.3. The van der Waals surface area contributed by atoms with Gasteiger partial charge in [-0.25, -0.2) is 5.43 Å².